The van der Waals surface area contributed by atoms with Crippen LogP contribution in [0.3, 0.4) is 0 Å². The Labute approximate surface area is 94.2 Å². The molecule has 5 nitrogen and oxygen atoms in total. The van der Waals surface area contributed by atoms with Gasteiger partial charge in [0.2, 0.25) is 0 Å². The second-order valence-corrected chi connectivity index (χ2v) is 2.25. The molecule has 1 rings (SSSR count). The molecule has 0 saturated carbocycles. The average Bonchev–Trinajstić information content (AvgIpc) is 2.03. The smallest absolute Gasteiger partial charge is 1.00 e. The number of aromatic carboxylic acids is 1. The summed E-state index contributed by atoms with van der Waals surface area (Å²) in [7, 11) is -2.01. The van der Waals surface area contributed by atoms with Gasteiger partial charge in [0.15, 0.2) is 0 Å². The zero-order valence-corrected chi connectivity index (χ0v) is 7.54. The number of hydrogen-bond acceptors (Lipinski definition) is 4. The van der Waals surface area contributed by atoms with Crippen LogP contribution in [0.1, 0.15) is 11.8 Å². The summed E-state index contributed by atoms with van der Waals surface area (Å²) in [6, 6.07) is 5.69. The number of carbonyl (C=O) groups is 1. The van der Waals surface area contributed by atoms with Crippen LogP contribution in [-0.4, -0.2) is 28.4 Å². The Morgan fingerprint density at radius 2 is 1.93 bits per heavy atom. The third-order valence-corrected chi connectivity index (χ3v) is 1.35. The number of carboxylic acid groups (broad SMARTS) is 1. The van der Waals surface area contributed by atoms with Gasteiger partial charge in [-0.05, 0) is 12.1 Å². The van der Waals surface area contributed by atoms with Crippen molar-refractivity contribution in [1.82, 2.24) is 0 Å². The SMILES string of the molecule is O=C(O)c1ccccc1OB(O)O.[H-].[Li+]. The molecule has 0 amide bonds. The van der Waals surface area contributed by atoms with Gasteiger partial charge in [-0.3, -0.25) is 0 Å². The minimum absolute atomic E-state index is 0. The van der Waals surface area contributed by atoms with E-state index in [-0.39, 0.29) is 31.6 Å². The van der Waals surface area contributed by atoms with Crippen LogP contribution in [0.4, 0.5) is 0 Å². The van der Waals surface area contributed by atoms with Crippen molar-refractivity contribution in [3.05, 3.63) is 29.8 Å². The van der Waals surface area contributed by atoms with Crippen molar-refractivity contribution < 1.29 is 44.9 Å². The van der Waals surface area contributed by atoms with Gasteiger partial charge in [0.25, 0.3) is 0 Å². The largest absolute Gasteiger partial charge is 1.00 e. The summed E-state index contributed by atoms with van der Waals surface area (Å²) in [5.74, 6) is -1.26. The van der Waals surface area contributed by atoms with Crippen LogP contribution in [-0.2, 0) is 0 Å². The molecule has 1 aromatic rings. The fourth-order valence-corrected chi connectivity index (χ4v) is 0.860. The molecule has 3 N–H and O–H groups in total. The molecule has 0 aliphatic rings. The second kappa shape index (κ2) is 5.73. The Kier molecular flexibility index (Phi) is 5.35. The van der Waals surface area contributed by atoms with Crippen molar-refractivity contribution >= 4 is 13.3 Å². The van der Waals surface area contributed by atoms with Gasteiger partial charge in [0.05, 0.1) is 5.56 Å². The monoisotopic (exact) mass is 190 g/mol. The van der Waals surface area contributed by atoms with Gasteiger partial charge in [-0.15, -0.1) is 0 Å². The summed E-state index contributed by atoms with van der Waals surface area (Å²) in [6.07, 6.45) is 0. The van der Waals surface area contributed by atoms with Gasteiger partial charge in [0.1, 0.15) is 5.75 Å². The molecule has 0 bridgehead atoms. The van der Waals surface area contributed by atoms with E-state index in [1.165, 1.54) is 24.3 Å². The van der Waals surface area contributed by atoms with Gasteiger partial charge in [0, 0.05) is 0 Å². The van der Waals surface area contributed by atoms with E-state index < -0.39 is 13.3 Å². The molecule has 14 heavy (non-hydrogen) atoms. The maximum atomic E-state index is 10.6. The molecule has 0 radical (unpaired) electrons. The average molecular weight is 190 g/mol. The third-order valence-electron chi connectivity index (χ3n) is 1.35. The first-order chi connectivity index (χ1) is 6.11. The molecule has 0 unspecified atom stereocenters. The number of rotatable bonds is 3. The Bertz CT molecular complexity index is 322. The summed E-state index contributed by atoms with van der Waals surface area (Å²) in [4.78, 5) is 10.6. The molecular weight excluding hydrogens is 182 g/mol. The van der Waals surface area contributed by atoms with E-state index >= 15 is 0 Å². The van der Waals surface area contributed by atoms with E-state index in [0.29, 0.717) is 0 Å². The molecule has 7 heteroatoms. The molecule has 0 spiro atoms. The summed E-state index contributed by atoms with van der Waals surface area (Å²) < 4.78 is 4.44. The van der Waals surface area contributed by atoms with Crippen LogP contribution in [0.25, 0.3) is 0 Å². The molecule has 70 valence electrons. The van der Waals surface area contributed by atoms with Gasteiger partial charge in [-0.25, -0.2) is 4.79 Å². The van der Waals surface area contributed by atoms with Crippen molar-refractivity contribution in [3.63, 3.8) is 0 Å². The predicted molar refractivity (Wildman–Crippen MR) is 45.3 cm³/mol. The summed E-state index contributed by atoms with van der Waals surface area (Å²) >= 11 is 0. The maximum absolute atomic E-state index is 10.6. The molecule has 0 fully saturated rings. The number of carboxylic acids is 1. The van der Waals surface area contributed by atoms with Crippen LogP contribution >= 0.6 is 0 Å². The Hall–Kier alpha value is -0.928. The maximum Gasteiger partial charge on any atom is 1.00 e. The molecule has 1 aromatic carbocycles. The summed E-state index contributed by atoms with van der Waals surface area (Å²) in [5.41, 5.74) is -0.115. The van der Waals surface area contributed by atoms with Crippen molar-refractivity contribution in [2.24, 2.45) is 0 Å². The van der Waals surface area contributed by atoms with Gasteiger partial charge in [-0.1, -0.05) is 12.1 Å². The Balaban J connectivity index is 0. The van der Waals surface area contributed by atoms with Crippen molar-refractivity contribution in [1.29, 1.82) is 0 Å². The molecule has 0 atom stereocenters. The number of benzene rings is 1. The quantitative estimate of drug-likeness (QED) is 0.438. The van der Waals surface area contributed by atoms with Gasteiger partial charge in [-0.2, -0.15) is 0 Å². The topological polar surface area (TPSA) is 87.0 Å². The standard InChI is InChI=1S/C7H7BO5.Li.H/c9-7(10)5-3-1-2-4-6(5)13-8(11)12;;/h1-4,11-12H,(H,9,10);;/q;+1;-1. The van der Waals surface area contributed by atoms with E-state index in [0.717, 1.165) is 0 Å². The second-order valence-electron chi connectivity index (χ2n) is 2.25. The normalized spacial score (nSPS) is 8.71. The fraction of sp³-hybridized carbons (Fsp3) is 0. The summed E-state index contributed by atoms with van der Waals surface area (Å²) in [5, 5.41) is 25.5. The van der Waals surface area contributed by atoms with E-state index in [2.05, 4.69) is 4.65 Å². The number of hydrogen-bond donors (Lipinski definition) is 3. The minimum Gasteiger partial charge on any atom is -1.00 e. The van der Waals surface area contributed by atoms with Crippen molar-refractivity contribution in [2.75, 3.05) is 0 Å². The molecule has 0 aliphatic carbocycles. The third kappa shape index (κ3) is 3.44. The molecular formula is C7H8BLiO5. The Morgan fingerprint density at radius 3 is 2.43 bits per heavy atom. The zero-order valence-electron chi connectivity index (χ0n) is 8.54. The van der Waals surface area contributed by atoms with Crippen LogP contribution in [0.2, 0.25) is 0 Å². The zero-order chi connectivity index (χ0) is 9.84. The molecule has 0 aliphatic heterocycles. The first-order valence-corrected chi connectivity index (χ1v) is 3.46. The first-order valence-electron chi connectivity index (χ1n) is 3.46. The molecule has 0 saturated heterocycles. The first kappa shape index (κ1) is 13.1. The van der Waals surface area contributed by atoms with Gasteiger partial charge < -0.3 is 21.2 Å². The van der Waals surface area contributed by atoms with E-state index in [4.69, 9.17) is 15.2 Å². The summed E-state index contributed by atoms with van der Waals surface area (Å²) in [6.45, 7) is 0. The minimum atomic E-state index is -2.01. The molecule has 0 aromatic heterocycles. The van der Waals surface area contributed by atoms with Crippen LogP contribution in [0.15, 0.2) is 24.3 Å². The number of para-hydroxylation sites is 1. The van der Waals surface area contributed by atoms with Crippen molar-refractivity contribution in [2.45, 2.75) is 0 Å². The van der Waals surface area contributed by atoms with E-state index in [1.807, 2.05) is 0 Å². The van der Waals surface area contributed by atoms with Crippen LogP contribution in [0, 0.1) is 0 Å². The van der Waals surface area contributed by atoms with Crippen LogP contribution < -0.4 is 23.5 Å². The molecule has 0 heterocycles. The van der Waals surface area contributed by atoms with Gasteiger partial charge >= 0.3 is 32.2 Å². The Morgan fingerprint density at radius 1 is 1.36 bits per heavy atom. The van der Waals surface area contributed by atoms with E-state index in [1.54, 1.807) is 0 Å². The fourth-order valence-electron chi connectivity index (χ4n) is 0.860. The van der Waals surface area contributed by atoms with Crippen LogP contribution in [0.5, 0.6) is 5.75 Å². The van der Waals surface area contributed by atoms with E-state index in [9.17, 15) is 4.79 Å². The van der Waals surface area contributed by atoms with Crippen molar-refractivity contribution in [3.8, 4) is 5.75 Å². The predicted octanol–water partition coefficient (Wildman–Crippen LogP) is -3.15.